The first-order valence-corrected chi connectivity index (χ1v) is 19.1. The van der Waals surface area contributed by atoms with Gasteiger partial charge in [0.05, 0.1) is 20.3 Å². The smallest absolute Gasteiger partial charge is 0.245 e. The fourth-order valence-corrected chi connectivity index (χ4v) is 7.35. The molecule has 3 aliphatic rings. The van der Waals surface area contributed by atoms with Crippen LogP contribution in [0.3, 0.4) is 0 Å². The summed E-state index contributed by atoms with van der Waals surface area (Å²) in [6, 6.07) is 12.1. The van der Waals surface area contributed by atoms with Gasteiger partial charge in [-0.2, -0.15) is 0 Å². The molecule has 0 spiro atoms. The van der Waals surface area contributed by atoms with Gasteiger partial charge in [-0.1, -0.05) is 40.2 Å². The lowest BCUT2D eigenvalue weighted by atomic mass is 9.88. The quantitative estimate of drug-likeness (QED) is 0.357. The van der Waals surface area contributed by atoms with E-state index in [0.29, 0.717) is 38.6 Å². The van der Waals surface area contributed by atoms with Gasteiger partial charge >= 0.3 is 0 Å². The van der Waals surface area contributed by atoms with Crippen LogP contribution in [0.5, 0.6) is 23.0 Å². The summed E-state index contributed by atoms with van der Waals surface area (Å²) in [4.78, 5) is 86.6. The molecule has 1 saturated heterocycles. The van der Waals surface area contributed by atoms with Crippen molar-refractivity contribution in [3.8, 4) is 23.0 Å². The molecule has 3 aliphatic heterocycles. The summed E-state index contributed by atoms with van der Waals surface area (Å²) in [6.07, 6.45) is -0.0608. The average molecular weight is 835 g/mol. The molecule has 0 aromatic heterocycles. The number of rotatable bonds is 4. The van der Waals surface area contributed by atoms with Gasteiger partial charge < -0.3 is 40.0 Å². The number of methoxy groups -OCH3 is 2. The van der Waals surface area contributed by atoms with Crippen LogP contribution in [0, 0.1) is 5.92 Å². The molecule has 6 rings (SSSR count). The lowest BCUT2D eigenvalue weighted by molar-refractivity contribution is -0.144. The van der Waals surface area contributed by atoms with Gasteiger partial charge in [-0.15, -0.1) is 0 Å². The van der Waals surface area contributed by atoms with E-state index in [1.54, 1.807) is 60.7 Å². The molecular formula is C41H48BrN5O9. The molecule has 56 heavy (non-hydrogen) atoms. The molecule has 0 saturated carbocycles. The minimum atomic E-state index is -1.12. The SMILES string of the molecule is COc1ccc(C[C@H]2C(=O)N[C@@H](C)C(=O)N(C)[C@H]3Cc4ccc(cc4)Oc4cc(c(Br)cc4OC)C[C@H](CC3=O)C(=O)N[C@H](C)C(=O)N[C@@H](C)C(=O)N2C)cc1. The number of amides is 5. The number of Topliss-reactive ketones (excluding diaryl/α,β-unsaturated/α-hetero) is 1. The van der Waals surface area contributed by atoms with Crippen molar-refractivity contribution in [3.63, 3.8) is 0 Å². The molecule has 6 bridgehead atoms. The van der Waals surface area contributed by atoms with E-state index in [0.717, 1.165) is 5.56 Å². The van der Waals surface area contributed by atoms with Crippen LogP contribution >= 0.6 is 15.9 Å². The Hall–Kier alpha value is -5.44. The number of ketones is 1. The van der Waals surface area contributed by atoms with Gasteiger partial charge in [-0.25, -0.2) is 0 Å². The maximum absolute atomic E-state index is 14.5. The number of likely N-dealkylation sites (N-methyl/N-ethyl adjacent to an activating group) is 2. The van der Waals surface area contributed by atoms with E-state index in [4.69, 9.17) is 14.2 Å². The Kier molecular flexibility index (Phi) is 13.4. The van der Waals surface area contributed by atoms with Crippen molar-refractivity contribution >= 4 is 51.2 Å². The molecule has 3 aromatic carbocycles. The predicted octanol–water partition coefficient (Wildman–Crippen LogP) is 3.36. The number of nitrogens with zero attached hydrogens (tertiary/aromatic N) is 2. The number of benzene rings is 3. The van der Waals surface area contributed by atoms with Crippen LogP contribution in [-0.2, 0) is 48.0 Å². The van der Waals surface area contributed by atoms with Crippen molar-refractivity contribution in [2.45, 2.75) is 76.7 Å². The number of hydrogen-bond donors (Lipinski definition) is 3. The maximum Gasteiger partial charge on any atom is 0.245 e. The zero-order valence-corrected chi connectivity index (χ0v) is 34.1. The first-order valence-electron chi connectivity index (χ1n) is 18.3. The van der Waals surface area contributed by atoms with Gasteiger partial charge in [0, 0.05) is 37.3 Å². The van der Waals surface area contributed by atoms with Gasteiger partial charge in [0.2, 0.25) is 29.5 Å². The Bertz CT molecular complexity index is 1970. The topological polar surface area (TPSA) is 173 Å². The summed E-state index contributed by atoms with van der Waals surface area (Å²) < 4.78 is 17.6. The molecule has 5 amide bonds. The lowest BCUT2D eigenvalue weighted by Gasteiger charge is -2.33. The number of halogens is 1. The van der Waals surface area contributed by atoms with Crippen LogP contribution < -0.4 is 30.2 Å². The fourth-order valence-electron chi connectivity index (χ4n) is 6.86. The standard InChI is InChI=1S/C41H48BrN5O9/c1-22-37(49)44-23(2)41(53)47(5)33(17-26-8-12-29(54-6)13-9-26)39(51)45-24(3)40(52)46(4)32-16-25-10-14-30(15-11-25)56-36-20-27(31(42)21-35(36)55-7)18-28(19-34(32)48)38(50)43-22/h8-15,20-24,28,32-33H,16-19H2,1-7H3,(H,43,50)(H,44,49)(H,45,51)/t22-,23+,24+,28-,32+,33+/m1/s1. The molecule has 3 aromatic rings. The molecule has 298 valence electrons. The fraction of sp³-hybridized carbons (Fsp3) is 0.415. The molecule has 0 radical (unpaired) electrons. The minimum absolute atomic E-state index is 0.0521. The molecule has 14 nitrogen and oxygen atoms in total. The van der Waals surface area contributed by atoms with Crippen molar-refractivity contribution in [1.82, 2.24) is 25.8 Å². The van der Waals surface area contributed by atoms with Gasteiger partial charge in [0.15, 0.2) is 17.3 Å². The highest BCUT2D eigenvalue weighted by atomic mass is 79.9. The Labute approximate surface area is 334 Å². The average Bonchev–Trinajstić information content (AvgIpc) is 3.18. The molecule has 0 unspecified atom stereocenters. The third-order valence-corrected chi connectivity index (χ3v) is 11.0. The molecule has 3 N–H and O–H groups in total. The molecule has 0 aliphatic carbocycles. The normalized spacial score (nSPS) is 24.3. The van der Waals surface area contributed by atoms with Crippen LogP contribution in [0.1, 0.15) is 43.9 Å². The van der Waals surface area contributed by atoms with E-state index < -0.39 is 71.4 Å². The first kappa shape index (κ1) is 41.7. The Balaban J connectivity index is 1.56. The van der Waals surface area contributed by atoms with Crippen LogP contribution in [0.2, 0.25) is 0 Å². The predicted molar refractivity (Wildman–Crippen MR) is 210 cm³/mol. The van der Waals surface area contributed by atoms with Gasteiger partial charge in [0.1, 0.15) is 35.7 Å². The van der Waals surface area contributed by atoms with Crippen molar-refractivity contribution in [2.75, 3.05) is 28.3 Å². The second kappa shape index (κ2) is 18.0. The van der Waals surface area contributed by atoms with E-state index in [1.165, 1.54) is 58.9 Å². The van der Waals surface area contributed by atoms with Gasteiger partial charge in [-0.05, 0) is 86.7 Å². The summed E-state index contributed by atoms with van der Waals surface area (Å²) >= 11 is 3.58. The summed E-state index contributed by atoms with van der Waals surface area (Å²) in [5.74, 6) is -2.39. The molecular weight excluding hydrogens is 786 g/mol. The summed E-state index contributed by atoms with van der Waals surface area (Å²) in [5, 5.41) is 8.17. The van der Waals surface area contributed by atoms with Crippen LogP contribution in [-0.4, -0.2) is 104 Å². The van der Waals surface area contributed by atoms with Crippen molar-refractivity contribution < 1.29 is 43.0 Å². The van der Waals surface area contributed by atoms with E-state index >= 15 is 0 Å². The number of carbonyl (C=O) groups is 6. The first-order chi connectivity index (χ1) is 26.6. The summed E-state index contributed by atoms with van der Waals surface area (Å²) in [6.45, 7) is 4.48. The second-order valence-corrected chi connectivity index (χ2v) is 15.1. The summed E-state index contributed by atoms with van der Waals surface area (Å²) in [7, 11) is 5.99. The zero-order valence-electron chi connectivity index (χ0n) is 32.5. The van der Waals surface area contributed by atoms with Crippen LogP contribution in [0.15, 0.2) is 65.1 Å². The highest BCUT2D eigenvalue weighted by molar-refractivity contribution is 9.10. The third kappa shape index (κ3) is 9.67. The van der Waals surface area contributed by atoms with Gasteiger partial charge in [0.25, 0.3) is 0 Å². The largest absolute Gasteiger partial charge is 0.497 e. The number of carbonyl (C=O) groups excluding carboxylic acids is 6. The second-order valence-electron chi connectivity index (χ2n) is 14.3. The number of fused-ring (bicyclic) bond motifs is 2. The number of ether oxygens (including phenoxy) is 3. The van der Waals surface area contributed by atoms with E-state index in [1.807, 2.05) is 0 Å². The molecule has 1 fully saturated rings. The van der Waals surface area contributed by atoms with Gasteiger partial charge in [-0.3, -0.25) is 28.8 Å². The third-order valence-electron chi connectivity index (χ3n) is 10.3. The number of nitrogens with one attached hydrogen (secondary N) is 3. The van der Waals surface area contributed by atoms with E-state index in [-0.39, 0.29) is 25.7 Å². The minimum Gasteiger partial charge on any atom is -0.497 e. The lowest BCUT2D eigenvalue weighted by Crippen LogP contribution is -2.59. The maximum atomic E-state index is 14.5. The monoisotopic (exact) mass is 833 g/mol. The summed E-state index contributed by atoms with van der Waals surface area (Å²) in [5.41, 5.74) is 2.06. The van der Waals surface area contributed by atoms with Crippen molar-refractivity contribution in [3.05, 3.63) is 81.8 Å². The Morgan fingerprint density at radius 1 is 0.714 bits per heavy atom. The van der Waals surface area contributed by atoms with Crippen molar-refractivity contribution in [2.24, 2.45) is 5.92 Å². The zero-order chi connectivity index (χ0) is 40.8. The van der Waals surface area contributed by atoms with E-state index in [9.17, 15) is 28.8 Å². The molecule has 15 heteroatoms. The Morgan fingerprint density at radius 3 is 1.95 bits per heavy atom. The highest BCUT2D eigenvalue weighted by Crippen LogP contribution is 2.38. The molecule has 3 heterocycles. The molecule has 6 atom stereocenters. The van der Waals surface area contributed by atoms with Crippen molar-refractivity contribution in [1.29, 1.82) is 0 Å². The highest BCUT2D eigenvalue weighted by Gasteiger charge is 2.37. The van der Waals surface area contributed by atoms with Crippen LogP contribution in [0.25, 0.3) is 0 Å². The Morgan fingerprint density at radius 2 is 1.32 bits per heavy atom. The number of hydrogen-bond acceptors (Lipinski definition) is 9. The van der Waals surface area contributed by atoms with E-state index in [2.05, 4.69) is 31.9 Å². The van der Waals surface area contributed by atoms with Crippen LogP contribution in [0.4, 0.5) is 0 Å².